The molecule has 1 aliphatic rings. The maximum absolute atomic E-state index is 13.1. The lowest BCUT2D eigenvalue weighted by molar-refractivity contribution is 0.312. The summed E-state index contributed by atoms with van der Waals surface area (Å²) in [6.07, 6.45) is 0. The van der Waals surface area contributed by atoms with Crippen LogP contribution in [0.5, 0.6) is 5.75 Å². The fourth-order valence-electron chi connectivity index (χ4n) is 1.62. The van der Waals surface area contributed by atoms with Crippen LogP contribution in [0, 0.1) is 5.82 Å². The molecule has 4 heteroatoms. The zero-order valence-electron chi connectivity index (χ0n) is 7.81. The molecule has 0 saturated carbocycles. The number of halogens is 2. The molecule has 0 saturated heterocycles. The van der Waals surface area contributed by atoms with E-state index in [0.717, 1.165) is 12.1 Å². The van der Waals surface area contributed by atoms with Gasteiger partial charge in [0.2, 0.25) is 0 Å². The van der Waals surface area contributed by atoms with Crippen molar-refractivity contribution in [2.75, 3.05) is 13.2 Å². The molecule has 1 unspecified atom stereocenters. The van der Waals surface area contributed by atoms with E-state index < -0.39 is 5.82 Å². The Morgan fingerprint density at radius 3 is 3.14 bits per heavy atom. The Morgan fingerprint density at radius 2 is 2.43 bits per heavy atom. The number of fused-ring (bicyclic) bond motifs is 1. The van der Waals surface area contributed by atoms with Gasteiger partial charge in [-0.3, -0.25) is 0 Å². The molecular weight excluding hydrogens is 205 g/mol. The van der Waals surface area contributed by atoms with Crippen LogP contribution in [-0.4, -0.2) is 13.2 Å². The predicted molar refractivity (Wildman–Crippen MR) is 53.3 cm³/mol. The van der Waals surface area contributed by atoms with Gasteiger partial charge in [0.1, 0.15) is 18.2 Å². The fourth-order valence-corrected chi connectivity index (χ4v) is 1.79. The third kappa shape index (κ3) is 1.57. The number of likely N-dealkylation sites (N-methyl/N-ethyl adjacent to an activating group) is 1. The largest absolute Gasteiger partial charge is 0.491 e. The van der Waals surface area contributed by atoms with Crippen LogP contribution in [0.25, 0.3) is 0 Å². The van der Waals surface area contributed by atoms with Gasteiger partial charge in [0.05, 0.1) is 11.1 Å². The molecule has 0 fully saturated rings. The van der Waals surface area contributed by atoms with Gasteiger partial charge in [-0.25, -0.2) is 4.39 Å². The molecular formula is C10H11ClFNO. The van der Waals surface area contributed by atoms with Gasteiger partial charge < -0.3 is 10.1 Å². The van der Waals surface area contributed by atoms with E-state index >= 15 is 0 Å². The normalized spacial score (nSPS) is 19.2. The second-order valence-electron chi connectivity index (χ2n) is 3.23. The highest BCUT2D eigenvalue weighted by Gasteiger charge is 2.24. The lowest BCUT2D eigenvalue weighted by Crippen LogP contribution is -2.21. The molecule has 1 aromatic rings. The molecule has 0 aromatic heterocycles. The summed E-state index contributed by atoms with van der Waals surface area (Å²) in [5, 5.41) is 3.39. The van der Waals surface area contributed by atoms with Gasteiger partial charge in [-0.1, -0.05) is 18.5 Å². The van der Waals surface area contributed by atoms with Gasteiger partial charge in [0, 0.05) is 11.6 Å². The first kappa shape index (κ1) is 9.74. The summed E-state index contributed by atoms with van der Waals surface area (Å²) in [6, 6.07) is 3.11. The Labute approximate surface area is 87.0 Å². The van der Waals surface area contributed by atoms with Gasteiger partial charge in [-0.2, -0.15) is 0 Å². The van der Waals surface area contributed by atoms with E-state index in [1.54, 1.807) is 6.07 Å². The van der Waals surface area contributed by atoms with E-state index in [1.165, 1.54) is 6.07 Å². The molecule has 1 aliphatic heterocycles. The van der Waals surface area contributed by atoms with Crippen molar-refractivity contribution in [2.45, 2.75) is 13.0 Å². The summed E-state index contributed by atoms with van der Waals surface area (Å²) < 4.78 is 18.4. The summed E-state index contributed by atoms with van der Waals surface area (Å²) >= 11 is 5.70. The zero-order chi connectivity index (χ0) is 10.1. The SMILES string of the molecule is CCNC1COc2cc(F)c(Cl)cc21. The zero-order valence-corrected chi connectivity index (χ0v) is 8.57. The minimum Gasteiger partial charge on any atom is -0.491 e. The number of benzene rings is 1. The van der Waals surface area contributed by atoms with Crippen molar-refractivity contribution in [2.24, 2.45) is 0 Å². The van der Waals surface area contributed by atoms with Crippen LogP contribution in [0.2, 0.25) is 5.02 Å². The highest BCUT2D eigenvalue weighted by atomic mass is 35.5. The van der Waals surface area contributed by atoms with Crippen molar-refractivity contribution >= 4 is 11.6 Å². The molecule has 1 atom stereocenters. The molecule has 14 heavy (non-hydrogen) atoms. The molecule has 2 rings (SSSR count). The second kappa shape index (κ2) is 3.75. The van der Waals surface area contributed by atoms with Gasteiger partial charge >= 0.3 is 0 Å². The minimum absolute atomic E-state index is 0.132. The second-order valence-corrected chi connectivity index (χ2v) is 3.63. The number of hydrogen-bond donors (Lipinski definition) is 1. The third-order valence-electron chi connectivity index (χ3n) is 2.28. The maximum Gasteiger partial charge on any atom is 0.145 e. The van der Waals surface area contributed by atoms with Crippen LogP contribution in [-0.2, 0) is 0 Å². The van der Waals surface area contributed by atoms with Crippen LogP contribution < -0.4 is 10.1 Å². The van der Waals surface area contributed by atoms with Crippen molar-refractivity contribution in [3.05, 3.63) is 28.5 Å². The van der Waals surface area contributed by atoms with E-state index in [-0.39, 0.29) is 11.1 Å². The number of nitrogens with one attached hydrogen (secondary N) is 1. The summed E-state index contributed by atoms with van der Waals surface area (Å²) in [7, 11) is 0. The fraction of sp³-hybridized carbons (Fsp3) is 0.400. The standard InChI is InChI=1S/C10H11ClFNO/c1-2-13-9-5-14-10-4-8(12)7(11)3-6(9)10/h3-4,9,13H,2,5H2,1H3. The quantitative estimate of drug-likeness (QED) is 0.819. The van der Waals surface area contributed by atoms with E-state index in [0.29, 0.717) is 12.4 Å². The first-order valence-electron chi connectivity index (χ1n) is 4.57. The Morgan fingerprint density at radius 1 is 1.64 bits per heavy atom. The molecule has 76 valence electrons. The molecule has 0 spiro atoms. The maximum atomic E-state index is 13.1. The monoisotopic (exact) mass is 215 g/mol. The molecule has 0 aliphatic carbocycles. The van der Waals surface area contributed by atoms with E-state index in [1.807, 2.05) is 6.92 Å². The van der Waals surface area contributed by atoms with Crippen molar-refractivity contribution in [3.63, 3.8) is 0 Å². The van der Waals surface area contributed by atoms with Crippen LogP contribution in [0.3, 0.4) is 0 Å². The summed E-state index contributed by atoms with van der Waals surface area (Å²) in [4.78, 5) is 0. The molecule has 0 bridgehead atoms. The van der Waals surface area contributed by atoms with Gasteiger partial charge in [0.25, 0.3) is 0 Å². The molecule has 0 amide bonds. The van der Waals surface area contributed by atoms with Crippen LogP contribution in [0.15, 0.2) is 12.1 Å². The highest BCUT2D eigenvalue weighted by Crippen LogP contribution is 2.35. The van der Waals surface area contributed by atoms with E-state index in [2.05, 4.69) is 5.32 Å². The van der Waals surface area contributed by atoms with E-state index in [4.69, 9.17) is 16.3 Å². The first-order chi connectivity index (χ1) is 6.72. The molecule has 0 radical (unpaired) electrons. The van der Waals surface area contributed by atoms with Crippen molar-refractivity contribution in [3.8, 4) is 5.75 Å². The van der Waals surface area contributed by atoms with Gasteiger partial charge in [-0.05, 0) is 12.6 Å². The van der Waals surface area contributed by atoms with E-state index in [9.17, 15) is 4.39 Å². The lowest BCUT2D eigenvalue weighted by Gasteiger charge is -2.08. The Hall–Kier alpha value is -0.800. The summed E-state index contributed by atoms with van der Waals surface area (Å²) in [5.74, 6) is 0.167. The smallest absolute Gasteiger partial charge is 0.145 e. The van der Waals surface area contributed by atoms with Crippen LogP contribution in [0.4, 0.5) is 4.39 Å². The number of hydrogen-bond acceptors (Lipinski definition) is 2. The molecule has 1 aromatic carbocycles. The average molecular weight is 216 g/mol. The summed E-state index contributed by atoms with van der Waals surface area (Å²) in [6.45, 7) is 3.41. The van der Waals surface area contributed by atoms with Crippen LogP contribution >= 0.6 is 11.6 Å². The Kier molecular flexibility index (Phi) is 2.61. The van der Waals surface area contributed by atoms with Crippen LogP contribution in [0.1, 0.15) is 18.5 Å². The predicted octanol–water partition coefficient (Wildman–Crippen LogP) is 2.52. The molecule has 1 N–H and O–H groups in total. The van der Waals surface area contributed by atoms with Crippen molar-refractivity contribution < 1.29 is 9.13 Å². The number of rotatable bonds is 2. The van der Waals surface area contributed by atoms with Gasteiger partial charge in [-0.15, -0.1) is 0 Å². The third-order valence-corrected chi connectivity index (χ3v) is 2.57. The lowest BCUT2D eigenvalue weighted by atomic mass is 10.1. The Bertz CT molecular complexity index is 356. The van der Waals surface area contributed by atoms with Crippen molar-refractivity contribution in [1.29, 1.82) is 0 Å². The van der Waals surface area contributed by atoms with Crippen molar-refractivity contribution in [1.82, 2.24) is 5.32 Å². The first-order valence-corrected chi connectivity index (χ1v) is 4.95. The summed E-state index contributed by atoms with van der Waals surface area (Å²) in [5.41, 5.74) is 0.943. The average Bonchev–Trinajstić information content (AvgIpc) is 2.51. The molecule has 1 heterocycles. The minimum atomic E-state index is -0.428. The topological polar surface area (TPSA) is 21.3 Å². The number of ether oxygens (including phenoxy) is 1. The Balaban J connectivity index is 2.35. The highest BCUT2D eigenvalue weighted by molar-refractivity contribution is 6.30. The molecule has 2 nitrogen and oxygen atoms in total. The van der Waals surface area contributed by atoms with Gasteiger partial charge in [0.15, 0.2) is 0 Å².